The van der Waals surface area contributed by atoms with E-state index in [2.05, 4.69) is 25.8 Å². The molecule has 0 aliphatic carbocycles. The highest BCUT2D eigenvalue weighted by molar-refractivity contribution is 7.80. The fourth-order valence-corrected chi connectivity index (χ4v) is 1.98. The van der Waals surface area contributed by atoms with Crippen molar-refractivity contribution in [2.45, 2.75) is 6.42 Å². The van der Waals surface area contributed by atoms with Crippen molar-refractivity contribution in [1.82, 2.24) is 20.5 Å². The highest BCUT2D eigenvalue weighted by Gasteiger charge is 2.06. The van der Waals surface area contributed by atoms with Crippen LogP contribution in [0.3, 0.4) is 0 Å². The normalized spacial score (nSPS) is 10.0. The molecule has 0 aliphatic heterocycles. The third-order valence-electron chi connectivity index (χ3n) is 2.62. The first-order valence-corrected chi connectivity index (χ1v) is 6.99. The first kappa shape index (κ1) is 15.4. The molecule has 2 aromatic heterocycles. The molecule has 8 heteroatoms. The quantitative estimate of drug-likeness (QED) is 0.816. The van der Waals surface area contributed by atoms with E-state index in [0.717, 1.165) is 11.4 Å². The molecule has 21 heavy (non-hydrogen) atoms. The zero-order valence-electron chi connectivity index (χ0n) is 11.3. The SMILES string of the molecule is COc1cccnc1CCNC(=S)Nc1nnccc1Cl. The van der Waals surface area contributed by atoms with E-state index in [0.29, 0.717) is 28.9 Å². The molecule has 0 radical (unpaired) electrons. The molecule has 2 rings (SSSR count). The molecule has 0 spiro atoms. The predicted molar refractivity (Wildman–Crippen MR) is 85.8 cm³/mol. The number of thiocarbonyl (C=S) groups is 1. The van der Waals surface area contributed by atoms with Crippen LogP contribution >= 0.6 is 23.8 Å². The smallest absolute Gasteiger partial charge is 0.173 e. The summed E-state index contributed by atoms with van der Waals surface area (Å²) >= 11 is 11.1. The number of ether oxygens (including phenoxy) is 1. The molecule has 0 atom stereocenters. The van der Waals surface area contributed by atoms with Gasteiger partial charge in [0.1, 0.15) is 5.75 Å². The first-order chi connectivity index (χ1) is 10.2. The molecule has 0 saturated heterocycles. The molecule has 0 fully saturated rings. The maximum absolute atomic E-state index is 5.96. The number of nitrogens with zero attached hydrogens (tertiary/aromatic N) is 3. The largest absolute Gasteiger partial charge is 0.495 e. The topological polar surface area (TPSA) is 72.0 Å². The van der Waals surface area contributed by atoms with Crippen molar-refractivity contribution in [3.05, 3.63) is 41.3 Å². The van der Waals surface area contributed by atoms with Crippen molar-refractivity contribution in [2.75, 3.05) is 19.0 Å². The van der Waals surface area contributed by atoms with Gasteiger partial charge in [-0.3, -0.25) is 4.98 Å². The van der Waals surface area contributed by atoms with Crippen LogP contribution in [0, 0.1) is 0 Å². The lowest BCUT2D eigenvalue weighted by atomic mass is 10.2. The Morgan fingerprint density at radius 2 is 2.24 bits per heavy atom. The maximum atomic E-state index is 5.96. The van der Waals surface area contributed by atoms with Crippen molar-refractivity contribution in [3.63, 3.8) is 0 Å². The van der Waals surface area contributed by atoms with Gasteiger partial charge in [-0.2, -0.15) is 5.10 Å². The standard InChI is InChI=1S/C13H14ClN5OS/c1-20-11-3-2-6-15-10(11)5-7-16-13(21)18-12-9(14)4-8-17-19-12/h2-4,6,8H,5,7H2,1H3,(H2,16,18,19,21). The number of halogens is 1. The average Bonchev–Trinajstić information content (AvgIpc) is 2.50. The molecule has 0 amide bonds. The van der Waals surface area contributed by atoms with Crippen LogP contribution in [0.2, 0.25) is 5.02 Å². The molecular formula is C13H14ClN5OS. The van der Waals surface area contributed by atoms with Gasteiger partial charge < -0.3 is 15.4 Å². The maximum Gasteiger partial charge on any atom is 0.173 e. The van der Waals surface area contributed by atoms with Crippen LogP contribution in [0.4, 0.5) is 5.82 Å². The van der Waals surface area contributed by atoms with Crippen LogP contribution in [0.1, 0.15) is 5.69 Å². The second-order valence-electron chi connectivity index (χ2n) is 4.01. The molecule has 0 aliphatic rings. The molecule has 110 valence electrons. The minimum absolute atomic E-state index is 0.423. The lowest BCUT2D eigenvalue weighted by Gasteiger charge is -2.11. The lowest BCUT2D eigenvalue weighted by Crippen LogP contribution is -2.30. The van der Waals surface area contributed by atoms with Gasteiger partial charge in [0.2, 0.25) is 0 Å². The van der Waals surface area contributed by atoms with Gasteiger partial charge in [-0.15, -0.1) is 5.10 Å². The van der Waals surface area contributed by atoms with E-state index in [-0.39, 0.29) is 0 Å². The highest BCUT2D eigenvalue weighted by Crippen LogP contribution is 2.16. The van der Waals surface area contributed by atoms with Gasteiger partial charge in [0.15, 0.2) is 10.9 Å². The number of pyridine rings is 1. The first-order valence-electron chi connectivity index (χ1n) is 6.20. The minimum Gasteiger partial charge on any atom is -0.495 e. The summed E-state index contributed by atoms with van der Waals surface area (Å²) in [6, 6.07) is 5.34. The molecule has 2 heterocycles. The molecular weight excluding hydrogens is 310 g/mol. The number of nitrogens with one attached hydrogen (secondary N) is 2. The van der Waals surface area contributed by atoms with Gasteiger partial charge >= 0.3 is 0 Å². The van der Waals surface area contributed by atoms with Crippen LogP contribution in [-0.4, -0.2) is 33.9 Å². The summed E-state index contributed by atoms with van der Waals surface area (Å²) in [6.07, 6.45) is 3.92. The molecule has 0 bridgehead atoms. The van der Waals surface area contributed by atoms with Crippen LogP contribution in [0.5, 0.6) is 5.75 Å². The molecule has 0 aromatic carbocycles. The summed E-state index contributed by atoms with van der Waals surface area (Å²) in [5.41, 5.74) is 0.868. The Hall–Kier alpha value is -1.99. The summed E-state index contributed by atoms with van der Waals surface area (Å²) in [5.74, 6) is 1.18. The molecule has 2 aromatic rings. The summed E-state index contributed by atoms with van der Waals surface area (Å²) in [7, 11) is 1.62. The van der Waals surface area contributed by atoms with E-state index >= 15 is 0 Å². The number of rotatable bonds is 5. The van der Waals surface area contributed by atoms with E-state index in [1.807, 2.05) is 12.1 Å². The fourth-order valence-electron chi connectivity index (χ4n) is 1.64. The molecule has 6 nitrogen and oxygen atoms in total. The Labute approximate surface area is 132 Å². The Kier molecular flexibility index (Phi) is 5.65. The van der Waals surface area contributed by atoms with Crippen molar-refractivity contribution >= 4 is 34.7 Å². The zero-order valence-corrected chi connectivity index (χ0v) is 12.9. The summed E-state index contributed by atoms with van der Waals surface area (Å²) in [6.45, 7) is 0.608. The van der Waals surface area contributed by atoms with Crippen molar-refractivity contribution in [3.8, 4) is 5.75 Å². The molecule has 2 N–H and O–H groups in total. The van der Waals surface area contributed by atoms with Crippen molar-refractivity contribution in [2.24, 2.45) is 0 Å². The number of hydrogen-bond donors (Lipinski definition) is 2. The van der Waals surface area contributed by atoms with Crippen LogP contribution in [0.15, 0.2) is 30.6 Å². The Balaban J connectivity index is 1.83. The minimum atomic E-state index is 0.423. The second kappa shape index (κ2) is 7.70. The summed E-state index contributed by atoms with van der Waals surface area (Å²) in [4.78, 5) is 4.27. The second-order valence-corrected chi connectivity index (χ2v) is 4.83. The number of hydrogen-bond acceptors (Lipinski definition) is 5. The lowest BCUT2D eigenvalue weighted by molar-refractivity contribution is 0.406. The predicted octanol–water partition coefficient (Wildman–Crippen LogP) is 2.06. The van der Waals surface area contributed by atoms with Crippen LogP contribution in [-0.2, 0) is 6.42 Å². The fraction of sp³-hybridized carbons (Fsp3) is 0.231. The Morgan fingerprint density at radius 3 is 3.00 bits per heavy atom. The number of aromatic nitrogens is 3. The van der Waals surface area contributed by atoms with Crippen LogP contribution in [0.25, 0.3) is 0 Å². The summed E-state index contributed by atoms with van der Waals surface area (Å²) in [5, 5.41) is 14.4. The van der Waals surface area contributed by atoms with Gasteiger partial charge in [0.25, 0.3) is 0 Å². The molecule has 0 saturated carbocycles. The third-order valence-corrected chi connectivity index (χ3v) is 3.17. The third kappa shape index (κ3) is 4.51. The van der Waals surface area contributed by atoms with Gasteiger partial charge in [-0.05, 0) is 30.4 Å². The Bertz CT molecular complexity index is 625. The summed E-state index contributed by atoms with van der Waals surface area (Å²) < 4.78 is 5.24. The highest BCUT2D eigenvalue weighted by atomic mass is 35.5. The van der Waals surface area contributed by atoms with Crippen molar-refractivity contribution < 1.29 is 4.74 Å². The zero-order chi connectivity index (χ0) is 15.1. The van der Waals surface area contributed by atoms with E-state index in [1.54, 1.807) is 19.4 Å². The van der Waals surface area contributed by atoms with E-state index in [4.69, 9.17) is 28.6 Å². The van der Waals surface area contributed by atoms with Crippen LogP contribution < -0.4 is 15.4 Å². The monoisotopic (exact) mass is 323 g/mol. The van der Waals surface area contributed by atoms with Gasteiger partial charge in [0.05, 0.1) is 24.0 Å². The van der Waals surface area contributed by atoms with Crippen molar-refractivity contribution in [1.29, 1.82) is 0 Å². The number of methoxy groups -OCH3 is 1. The number of anilines is 1. The van der Waals surface area contributed by atoms with Gasteiger partial charge in [-0.25, -0.2) is 0 Å². The van der Waals surface area contributed by atoms with Gasteiger partial charge in [-0.1, -0.05) is 11.6 Å². The van der Waals surface area contributed by atoms with E-state index in [1.165, 1.54) is 6.20 Å². The van der Waals surface area contributed by atoms with Gasteiger partial charge in [0, 0.05) is 19.2 Å². The average molecular weight is 324 g/mol. The van der Waals surface area contributed by atoms with E-state index < -0.39 is 0 Å². The van der Waals surface area contributed by atoms with E-state index in [9.17, 15) is 0 Å². The Morgan fingerprint density at radius 1 is 1.38 bits per heavy atom. The molecule has 0 unspecified atom stereocenters.